The number of non-ortho nitro benzene ring substituents is 1. The fourth-order valence-corrected chi connectivity index (χ4v) is 4.58. The molecule has 1 aliphatic rings. The number of anilines is 1. The highest BCUT2D eigenvalue weighted by Gasteiger charge is 2.26. The quantitative estimate of drug-likeness (QED) is 0.377. The zero-order chi connectivity index (χ0) is 18.4. The summed E-state index contributed by atoms with van der Waals surface area (Å²) in [7, 11) is 0. The number of rotatable bonds is 3. The number of benzene rings is 2. The van der Waals surface area contributed by atoms with Crippen LogP contribution in [0.15, 0.2) is 46.9 Å². The second kappa shape index (κ2) is 6.31. The number of nitro groups is 1. The van der Waals surface area contributed by atoms with Crippen molar-refractivity contribution in [3.05, 3.63) is 58.5 Å². The third-order valence-electron chi connectivity index (χ3n) is 5.00. The van der Waals surface area contributed by atoms with E-state index in [1.807, 2.05) is 24.3 Å². The van der Waals surface area contributed by atoms with Crippen molar-refractivity contribution in [3.63, 3.8) is 0 Å². The monoisotopic (exact) mass is 380 g/mol. The fraction of sp³-hybridized carbons (Fsp3) is 0.263. The molecule has 0 N–H and O–H groups in total. The van der Waals surface area contributed by atoms with Gasteiger partial charge in [0.15, 0.2) is 16.6 Å². The van der Waals surface area contributed by atoms with E-state index in [1.165, 1.54) is 17.4 Å². The molecule has 2 aromatic carbocycles. The summed E-state index contributed by atoms with van der Waals surface area (Å²) in [5, 5.41) is 11.9. The van der Waals surface area contributed by atoms with Gasteiger partial charge in [-0.2, -0.15) is 0 Å². The Labute approximate surface area is 158 Å². The van der Waals surface area contributed by atoms with Crippen molar-refractivity contribution >= 4 is 43.5 Å². The van der Waals surface area contributed by atoms with Crippen LogP contribution in [0.2, 0.25) is 0 Å². The first-order valence-corrected chi connectivity index (χ1v) is 9.64. The Bertz CT molecular complexity index is 1110. The number of hydrogen-bond donors (Lipinski definition) is 0. The molecule has 0 spiro atoms. The van der Waals surface area contributed by atoms with Gasteiger partial charge in [-0.3, -0.25) is 10.1 Å². The number of para-hydroxylation sites is 2. The van der Waals surface area contributed by atoms with Gasteiger partial charge >= 0.3 is 0 Å². The Hall–Kier alpha value is -3.00. The number of piperidine rings is 1. The Morgan fingerprint density at radius 2 is 1.93 bits per heavy atom. The second-order valence-corrected chi connectivity index (χ2v) is 7.70. The van der Waals surface area contributed by atoms with Crippen LogP contribution in [0.25, 0.3) is 21.3 Å². The molecule has 7 nitrogen and oxygen atoms in total. The van der Waals surface area contributed by atoms with Crippen LogP contribution < -0.4 is 4.90 Å². The Balaban J connectivity index is 1.34. The highest BCUT2D eigenvalue weighted by Crippen LogP contribution is 2.36. The summed E-state index contributed by atoms with van der Waals surface area (Å²) >= 11 is 1.51. The summed E-state index contributed by atoms with van der Waals surface area (Å²) in [6.45, 7) is 1.73. The summed E-state index contributed by atoms with van der Waals surface area (Å²) in [5.41, 5.74) is 2.65. The van der Waals surface area contributed by atoms with Crippen LogP contribution in [0, 0.1) is 10.1 Å². The summed E-state index contributed by atoms with van der Waals surface area (Å²) in [5.74, 6) is 1.12. The van der Waals surface area contributed by atoms with Crippen LogP contribution in [-0.4, -0.2) is 28.0 Å². The van der Waals surface area contributed by atoms with Gasteiger partial charge in [0.25, 0.3) is 5.69 Å². The lowest BCUT2D eigenvalue weighted by molar-refractivity contribution is -0.384. The topological polar surface area (TPSA) is 85.3 Å². The first-order chi connectivity index (χ1) is 13.2. The Morgan fingerprint density at radius 1 is 1.11 bits per heavy atom. The molecule has 0 saturated carbocycles. The average molecular weight is 380 g/mol. The number of fused-ring (bicyclic) bond motifs is 2. The highest BCUT2D eigenvalue weighted by atomic mass is 32.1. The van der Waals surface area contributed by atoms with Crippen LogP contribution in [0.4, 0.5) is 10.8 Å². The highest BCUT2D eigenvalue weighted by molar-refractivity contribution is 7.22. The zero-order valence-corrected chi connectivity index (χ0v) is 15.2. The predicted molar refractivity (Wildman–Crippen MR) is 104 cm³/mol. The lowest BCUT2D eigenvalue weighted by Gasteiger charge is -2.30. The molecule has 8 heteroatoms. The van der Waals surface area contributed by atoms with E-state index in [0.717, 1.165) is 58.3 Å². The van der Waals surface area contributed by atoms with Crippen molar-refractivity contribution in [1.82, 2.24) is 9.97 Å². The average Bonchev–Trinajstić information content (AvgIpc) is 3.31. The van der Waals surface area contributed by atoms with E-state index in [-0.39, 0.29) is 10.6 Å². The molecule has 136 valence electrons. The van der Waals surface area contributed by atoms with Gasteiger partial charge in [-0.05, 0) is 31.0 Å². The first kappa shape index (κ1) is 16.2. The lowest BCUT2D eigenvalue weighted by Crippen LogP contribution is -2.32. The second-order valence-electron chi connectivity index (χ2n) is 6.69. The van der Waals surface area contributed by atoms with E-state index in [0.29, 0.717) is 5.92 Å². The number of oxazole rings is 1. The van der Waals surface area contributed by atoms with Crippen molar-refractivity contribution in [1.29, 1.82) is 0 Å². The maximum absolute atomic E-state index is 11.0. The van der Waals surface area contributed by atoms with Crippen LogP contribution in [0.3, 0.4) is 0 Å². The predicted octanol–water partition coefficient (Wildman–Crippen LogP) is 4.73. The minimum absolute atomic E-state index is 0.104. The van der Waals surface area contributed by atoms with Gasteiger partial charge in [0.1, 0.15) is 5.52 Å². The van der Waals surface area contributed by atoms with Crippen LogP contribution in [0.5, 0.6) is 0 Å². The molecule has 1 saturated heterocycles. The number of nitrogens with zero attached hydrogens (tertiary/aromatic N) is 4. The van der Waals surface area contributed by atoms with Crippen molar-refractivity contribution in [2.24, 2.45) is 0 Å². The van der Waals surface area contributed by atoms with Gasteiger partial charge < -0.3 is 9.32 Å². The van der Waals surface area contributed by atoms with Crippen LogP contribution in [0.1, 0.15) is 24.7 Å². The first-order valence-electron chi connectivity index (χ1n) is 8.83. The lowest BCUT2D eigenvalue weighted by atomic mass is 9.97. The molecule has 5 rings (SSSR count). The number of thiazole rings is 1. The van der Waals surface area contributed by atoms with Crippen molar-refractivity contribution in [3.8, 4) is 0 Å². The molecular formula is C19H16N4O3S. The van der Waals surface area contributed by atoms with E-state index < -0.39 is 0 Å². The third kappa shape index (κ3) is 2.91. The maximum Gasteiger partial charge on any atom is 0.270 e. The van der Waals surface area contributed by atoms with Crippen molar-refractivity contribution < 1.29 is 9.34 Å². The molecule has 4 aromatic rings. The van der Waals surface area contributed by atoms with Gasteiger partial charge in [-0.15, -0.1) is 0 Å². The molecular weight excluding hydrogens is 364 g/mol. The fourth-order valence-electron chi connectivity index (χ4n) is 3.53. The Kier molecular flexibility index (Phi) is 3.78. The minimum Gasteiger partial charge on any atom is -0.440 e. The van der Waals surface area contributed by atoms with E-state index >= 15 is 0 Å². The summed E-state index contributed by atoms with van der Waals surface area (Å²) in [6.07, 6.45) is 1.89. The van der Waals surface area contributed by atoms with Crippen molar-refractivity contribution in [2.45, 2.75) is 18.8 Å². The maximum atomic E-state index is 11.0. The summed E-state index contributed by atoms with van der Waals surface area (Å²) in [4.78, 5) is 22.1. The summed E-state index contributed by atoms with van der Waals surface area (Å²) in [6, 6.07) is 12.7. The summed E-state index contributed by atoms with van der Waals surface area (Å²) < 4.78 is 6.77. The van der Waals surface area contributed by atoms with Gasteiger partial charge in [-0.1, -0.05) is 23.5 Å². The van der Waals surface area contributed by atoms with Crippen molar-refractivity contribution in [2.75, 3.05) is 18.0 Å². The van der Waals surface area contributed by atoms with E-state index in [9.17, 15) is 10.1 Å². The number of hydrogen-bond acceptors (Lipinski definition) is 7. The molecule has 0 aliphatic carbocycles. The third-order valence-corrected chi connectivity index (χ3v) is 6.08. The Morgan fingerprint density at radius 3 is 2.70 bits per heavy atom. The molecule has 0 bridgehead atoms. The molecule has 0 amide bonds. The van der Waals surface area contributed by atoms with Crippen LogP contribution in [-0.2, 0) is 0 Å². The van der Waals surface area contributed by atoms with E-state index in [2.05, 4.69) is 14.9 Å². The minimum atomic E-state index is -0.370. The standard InChI is InChI=1S/C19H16N4O3S/c24-23(25)13-5-6-15-17(11-13)27-19(21-15)22-9-7-12(8-10-22)18-20-14-3-1-2-4-16(14)26-18/h1-6,11-12H,7-10H2. The number of aromatic nitrogens is 2. The molecule has 1 aliphatic heterocycles. The zero-order valence-electron chi connectivity index (χ0n) is 14.4. The molecule has 0 unspecified atom stereocenters. The SMILES string of the molecule is O=[N+]([O-])c1ccc2nc(N3CCC(c4nc5ccccc5o4)CC3)sc2c1. The molecule has 3 heterocycles. The van der Waals surface area contributed by atoms with E-state index in [1.54, 1.807) is 12.1 Å². The number of nitro benzene ring substituents is 1. The molecule has 0 radical (unpaired) electrons. The van der Waals surface area contributed by atoms with E-state index in [4.69, 9.17) is 4.42 Å². The molecule has 27 heavy (non-hydrogen) atoms. The molecule has 1 fully saturated rings. The largest absolute Gasteiger partial charge is 0.440 e. The normalized spacial score (nSPS) is 15.6. The van der Waals surface area contributed by atoms with Gasteiger partial charge in [-0.25, -0.2) is 9.97 Å². The smallest absolute Gasteiger partial charge is 0.270 e. The van der Waals surface area contributed by atoms with Gasteiger partial charge in [0.05, 0.1) is 15.1 Å². The molecule has 0 atom stereocenters. The van der Waals surface area contributed by atoms with Gasteiger partial charge in [0.2, 0.25) is 0 Å². The van der Waals surface area contributed by atoms with Crippen LogP contribution >= 0.6 is 11.3 Å². The molecule has 2 aromatic heterocycles. The van der Waals surface area contributed by atoms with Gasteiger partial charge in [0, 0.05) is 31.1 Å².